The van der Waals surface area contributed by atoms with Crippen LogP contribution < -0.4 is 5.32 Å². The highest BCUT2D eigenvalue weighted by Gasteiger charge is 2.27. The number of nitrogens with zero attached hydrogens (tertiary/aromatic N) is 1. The van der Waals surface area contributed by atoms with Crippen LogP contribution in [0.5, 0.6) is 0 Å². The van der Waals surface area contributed by atoms with E-state index in [1.165, 1.54) is 24.3 Å². The van der Waals surface area contributed by atoms with Gasteiger partial charge in [0, 0.05) is 10.6 Å². The fourth-order valence-electron chi connectivity index (χ4n) is 1.78. The molecule has 0 aliphatic carbocycles. The van der Waals surface area contributed by atoms with Crippen LogP contribution in [0.1, 0.15) is 10.4 Å². The Labute approximate surface area is 137 Å². The molecule has 1 atom stereocenters. The zero-order valence-corrected chi connectivity index (χ0v) is 12.7. The van der Waals surface area contributed by atoms with Gasteiger partial charge in [0.05, 0.1) is 16.8 Å². The molecule has 0 fully saturated rings. The normalized spacial score (nSPS) is 11.3. The second kappa shape index (κ2) is 7.08. The van der Waals surface area contributed by atoms with Crippen molar-refractivity contribution >= 4 is 40.6 Å². The molecule has 2 rings (SSSR count). The molecular weight excluding hydrogens is 323 g/mol. The van der Waals surface area contributed by atoms with Crippen LogP contribution in [-0.4, -0.2) is 11.7 Å². The van der Waals surface area contributed by atoms with E-state index < -0.39 is 17.6 Å². The Kier molecular flexibility index (Phi) is 5.16. The molecule has 0 saturated carbocycles. The van der Waals surface area contributed by atoms with E-state index in [1.807, 2.05) is 0 Å². The van der Waals surface area contributed by atoms with Crippen molar-refractivity contribution in [1.82, 2.24) is 0 Å². The maximum absolute atomic E-state index is 12.2. The number of halogens is 2. The van der Waals surface area contributed by atoms with Crippen LogP contribution in [0.3, 0.4) is 0 Å². The Bertz CT molecular complexity index is 751. The third kappa shape index (κ3) is 3.64. The van der Waals surface area contributed by atoms with Crippen molar-refractivity contribution in [2.45, 2.75) is 0 Å². The molecule has 2 aromatic rings. The highest BCUT2D eigenvalue weighted by atomic mass is 35.5. The smallest absolute Gasteiger partial charge is 0.249 e. The molecule has 0 heterocycles. The first-order valence-corrected chi connectivity index (χ1v) is 7.03. The lowest BCUT2D eigenvalue weighted by atomic mass is 9.98. The van der Waals surface area contributed by atoms with E-state index in [4.69, 9.17) is 28.5 Å². The largest absolute Gasteiger partial charge is 0.323 e. The summed E-state index contributed by atoms with van der Waals surface area (Å²) in [4.78, 5) is 24.4. The third-order valence-corrected chi connectivity index (χ3v) is 3.50. The van der Waals surface area contributed by atoms with Gasteiger partial charge in [-0.3, -0.25) is 9.59 Å². The van der Waals surface area contributed by atoms with Crippen molar-refractivity contribution < 1.29 is 9.59 Å². The summed E-state index contributed by atoms with van der Waals surface area (Å²) in [6.07, 6.45) is 0. The lowest BCUT2D eigenvalue weighted by molar-refractivity contribution is -0.117. The van der Waals surface area contributed by atoms with Crippen molar-refractivity contribution in [2.24, 2.45) is 5.92 Å². The second-order valence-corrected chi connectivity index (χ2v) is 5.25. The van der Waals surface area contributed by atoms with Gasteiger partial charge < -0.3 is 5.32 Å². The van der Waals surface area contributed by atoms with Crippen LogP contribution in [-0.2, 0) is 4.79 Å². The minimum absolute atomic E-state index is 0.241. The van der Waals surface area contributed by atoms with Crippen LogP contribution in [0.25, 0.3) is 0 Å². The minimum atomic E-state index is -1.46. The Balaban J connectivity index is 2.19. The molecule has 1 amide bonds. The minimum Gasteiger partial charge on any atom is -0.323 e. The van der Waals surface area contributed by atoms with Crippen molar-refractivity contribution in [1.29, 1.82) is 5.26 Å². The number of amides is 1. The van der Waals surface area contributed by atoms with E-state index in [2.05, 4.69) is 5.32 Å². The predicted molar refractivity (Wildman–Crippen MR) is 85.0 cm³/mol. The summed E-state index contributed by atoms with van der Waals surface area (Å²) in [6.45, 7) is 0. The van der Waals surface area contributed by atoms with Gasteiger partial charge in [0.15, 0.2) is 11.7 Å². The number of nitrogens with one attached hydrogen (secondary N) is 1. The molecule has 0 saturated heterocycles. The van der Waals surface area contributed by atoms with Crippen molar-refractivity contribution in [2.75, 3.05) is 5.32 Å². The SMILES string of the molecule is N#C[C@H](C(=O)Nc1ccccc1Cl)C(=O)c1ccc(Cl)cc1. The number of hydrogen-bond acceptors (Lipinski definition) is 3. The Morgan fingerprint density at radius 1 is 1.05 bits per heavy atom. The number of carbonyl (C=O) groups excluding carboxylic acids is 2. The van der Waals surface area contributed by atoms with E-state index in [-0.39, 0.29) is 5.56 Å². The molecule has 0 spiro atoms. The quantitative estimate of drug-likeness (QED) is 0.680. The molecular formula is C16H10Cl2N2O2. The van der Waals surface area contributed by atoms with Gasteiger partial charge in [-0.15, -0.1) is 0 Å². The summed E-state index contributed by atoms with van der Waals surface area (Å²) in [5, 5.41) is 12.4. The molecule has 22 heavy (non-hydrogen) atoms. The highest BCUT2D eigenvalue weighted by molar-refractivity contribution is 6.34. The first kappa shape index (κ1) is 16.0. The molecule has 0 unspecified atom stereocenters. The first-order chi connectivity index (χ1) is 10.5. The van der Waals surface area contributed by atoms with Crippen LogP contribution in [0.2, 0.25) is 10.0 Å². The molecule has 0 aliphatic rings. The van der Waals surface area contributed by atoms with Gasteiger partial charge in [0.25, 0.3) is 0 Å². The fourth-order valence-corrected chi connectivity index (χ4v) is 2.09. The Morgan fingerprint density at radius 2 is 1.68 bits per heavy atom. The summed E-state index contributed by atoms with van der Waals surface area (Å²) in [7, 11) is 0. The highest BCUT2D eigenvalue weighted by Crippen LogP contribution is 2.22. The molecule has 0 bridgehead atoms. The van der Waals surface area contributed by atoms with E-state index in [1.54, 1.807) is 30.3 Å². The number of Topliss-reactive ketones (excluding diaryl/α,β-unsaturated/α-hetero) is 1. The fraction of sp³-hybridized carbons (Fsp3) is 0.0625. The number of para-hydroxylation sites is 1. The maximum Gasteiger partial charge on any atom is 0.249 e. The Hall–Kier alpha value is -2.35. The average Bonchev–Trinajstić information content (AvgIpc) is 2.51. The summed E-state index contributed by atoms with van der Waals surface area (Å²) < 4.78 is 0. The van der Waals surface area contributed by atoms with Gasteiger partial charge in [0.2, 0.25) is 5.91 Å². The molecule has 1 N–H and O–H groups in total. The van der Waals surface area contributed by atoms with Crippen molar-refractivity contribution in [3.8, 4) is 6.07 Å². The summed E-state index contributed by atoms with van der Waals surface area (Å²) in [5.41, 5.74) is 0.587. The lowest BCUT2D eigenvalue weighted by Gasteiger charge is -2.10. The maximum atomic E-state index is 12.2. The number of carbonyl (C=O) groups is 2. The number of anilines is 1. The summed E-state index contributed by atoms with van der Waals surface area (Å²) in [6, 6.07) is 14.3. The van der Waals surface area contributed by atoms with Gasteiger partial charge in [-0.25, -0.2) is 0 Å². The van der Waals surface area contributed by atoms with Gasteiger partial charge in [0.1, 0.15) is 0 Å². The van der Waals surface area contributed by atoms with Crippen LogP contribution in [0, 0.1) is 17.2 Å². The van der Waals surface area contributed by atoms with Crippen LogP contribution in [0.15, 0.2) is 48.5 Å². The lowest BCUT2D eigenvalue weighted by Crippen LogP contribution is -2.28. The molecule has 0 aromatic heterocycles. The van der Waals surface area contributed by atoms with E-state index >= 15 is 0 Å². The molecule has 2 aromatic carbocycles. The predicted octanol–water partition coefficient (Wildman–Crippen LogP) is 3.95. The number of rotatable bonds is 4. The van der Waals surface area contributed by atoms with Gasteiger partial charge in [-0.05, 0) is 36.4 Å². The van der Waals surface area contributed by atoms with Gasteiger partial charge in [-0.1, -0.05) is 35.3 Å². The molecule has 6 heteroatoms. The molecule has 0 radical (unpaired) electrons. The van der Waals surface area contributed by atoms with E-state index in [0.29, 0.717) is 15.7 Å². The van der Waals surface area contributed by atoms with Crippen molar-refractivity contribution in [3.63, 3.8) is 0 Å². The average molecular weight is 333 g/mol. The zero-order valence-electron chi connectivity index (χ0n) is 11.2. The van der Waals surface area contributed by atoms with Crippen molar-refractivity contribution in [3.05, 3.63) is 64.1 Å². The third-order valence-electron chi connectivity index (χ3n) is 2.91. The molecule has 110 valence electrons. The first-order valence-electron chi connectivity index (χ1n) is 6.27. The van der Waals surface area contributed by atoms with Crippen LogP contribution in [0.4, 0.5) is 5.69 Å². The van der Waals surface area contributed by atoms with Crippen LogP contribution >= 0.6 is 23.2 Å². The Morgan fingerprint density at radius 3 is 2.27 bits per heavy atom. The summed E-state index contributed by atoms with van der Waals surface area (Å²) in [5.74, 6) is -2.78. The summed E-state index contributed by atoms with van der Waals surface area (Å²) >= 11 is 11.7. The van der Waals surface area contributed by atoms with E-state index in [0.717, 1.165) is 0 Å². The zero-order chi connectivity index (χ0) is 16.1. The topological polar surface area (TPSA) is 70.0 Å². The standard InChI is InChI=1S/C16H10Cl2N2O2/c17-11-7-5-10(6-8-11)15(21)12(9-19)16(22)20-14-4-2-1-3-13(14)18/h1-8,12H,(H,20,22)/t12-/m0/s1. The number of benzene rings is 2. The van der Waals surface area contributed by atoms with Gasteiger partial charge >= 0.3 is 0 Å². The monoisotopic (exact) mass is 332 g/mol. The molecule has 0 aliphatic heterocycles. The number of hydrogen-bond donors (Lipinski definition) is 1. The molecule has 4 nitrogen and oxygen atoms in total. The number of ketones is 1. The van der Waals surface area contributed by atoms with E-state index in [9.17, 15) is 9.59 Å². The number of nitriles is 1. The second-order valence-electron chi connectivity index (χ2n) is 4.40. The van der Waals surface area contributed by atoms with Gasteiger partial charge in [-0.2, -0.15) is 5.26 Å².